The summed E-state index contributed by atoms with van der Waals surface area (Å²) in [6, 6.07) is 5.61. The Kier molecular flexibility index (Phi) is 4.43. The maximum absolute atomic E-state index is 12.9. The molecule has 0 aliphatic heterocycles. The Morgan fingerprint density at radius 3 is 2.76 bits per heavy atom. The van der Waals surface area contributed by atoms with Crippen molar-refractivity contribution in [1.82, 2.24) is 9.55 Å². The highest BCUT2D eigenvalue weighted by Crippen LogP contribution is 2.32. The van der Waals surface area contributed by atoms with Gasteiger partial charge >= 0.3 is 5.97 Å². The first-order valence-corrected chi connectivity index (χ1v) is 8.93. The van der Waals surface area contributed by atoms with Crippen molar-refractivity contribution in [2.75, 3.05) is 0 Å². The van der Waals surface area contributed by atoms with Crippen LogP contribution in [0.25, 0.3) is 21.3 Å². The molecule has 0 unspecified atom stereocenters. The lowest BCUT2D eigenvalue weighted by Crippen LogP contribution is -2.34. The third-order valence-electron chi connectivity index (χ3n) is 4.17. The van der Waals surface area contributed by atoms with Gasteiger partial charge < -0.3 is 5.11 Å². The second kappa shape index (κ2) is 6.28. The van der Waals surface area contributed by atoms with Crippen LogP contribution in [0.4, 0.5) is 0 Å². The van der Waals surface area contributed by atoms with Gasteiger partial charge in [0.1, 0.15) is 4.83 Å². The standard InChI is InChI=1S/C18H17ClN2O3S/c1-10-6-11(4-5-13(10)19)12-7-25-15-14(12)16(22)21(9-20-15)8-18(2,3)17(23)24/h4-7,9H,8H2,1-3H3,(H,23,24). The number of aromatic nitrogens is 2. The maximum Gasteiger partial charge on any atom is 0.310 e. The van der Waals surface area contributed by atoms with Gasteiger partial charge in [-0.3, -0.25) is 14.2 Å². The Bertz CT molecular complexity index is 1040. The smallest absolute Gasteiger partial charge is 0.310 e. The average molecular weight is 377 g/mol. The van der Waals surface area contributed by atoms with Crippen LogP contribution in [-0.4, -0.2) is 20.6 Å². The first-order chi connectivity index (χ1) is 11.7. The summed E-state index contributed by atoms with van der Waals surface area (Å²) in [7, 11) is 0. The van der Waals surface area contributed by atoms with Crippen molar-refractivity contribution in [3.8, 4) is 11.1 Å². The zero-order valence-corrected chi connectivity index (χ0v) is 15.6. The van der Waals surface area contributed by atoms with E-state index in [1.54, 1.807) is 19.9 Å². The summed E-state index contributed by atoms with van der Waals surface area (Å²) in [5.41, 5.74) is 1.31. The van der Waals surface area contributed by atoms with Crippen molar-refractivity contribution < 1.29 is 9.90 Å². The molecule has 0 aliphatic rings. The lowest BCUT2D eigenvalue weighted by Gasteiger charge is -2.20. The van der Waals surface area contributed by atoms with Crippen LogP contribution in [0.1, 0.15) is 19.4 Å². The van der Waals surface area contributed by atoms with E-state index in [1.165, 1.54) is 22.2 Å². The molecule has 3 aromatic rings. The number of rotatable bonds is 4. The number of fused-ring (bicyclic) bond motifs is 1. The normalized spacial score (nSPS) is 11.8. The van der Waals surface area contributed by atoms with Gasteiger partial charge in [-0.05, 0) is 44.0 Å². The van der Waals surface area contributed by atoms with Crippen LogP contribution in [0.2, 0.25) is 5.02 Å². The summed E-state index contributed by atoms with van der Waals surface area (Å²) in [6.07, 6.45) is 1.42. The lowest BCUT2D eigenvalue weighted by molar-refractivity contribution is -0.147. The topological polar surface area (TPSA) is 72.2 Å². The van der Waals surface area contributed by atoms with E-state index in [4.69, 9.17) is 11.6 Å². The quantitative estimate of drug-likeness (QED) is 0.740. The van der Waals surface area contributed by atoms with Gasteiger partial charge in [-0.1, -0.05) is 17.7 Å². The number of thiophene rings is 1. The van der Waals surface area contributed by atoms with Gasteiger partial charge in [0.25, 0.3) is 5.56 Å². The predicted octanol–water partition coefficient (Wildman–Crippen LogP) is 4.20. The monoisotopic (exact) mass is 376 g/mol. The molecule has 1 N–H and O–H groups in total. The highest BCUT2D eigenvalue weighted by atomic mass is 35.5. The number of nitrogens with zero attached hydrogens (tertiary/aromatic N) is 2. The molecule has 0 radical (unpaired) electrons. The van der Waals surface area contributed by atoms with Crippen LogP contribution in [0.3, 0.4) is 0 Å². The molecule has 2 aromatic heterocycles. The zero-order valence-electron chi connectivity index (χ0n) is 14.0. The third kappa shape index (κ3) is 3.19. The molecule has 5 nitrogen and oxygen atoms in total. The van der Waals surface area contributed by atoms with Gasteiger partial charge in [0.15, 0.2) is 0 Å². The predicted molar refractivity (Wildman–Crippen MR) is 100 cm³/mol. The Morgan fingerprint density at radius 1 is 1.40 bits per heavy atom. The summed E-state index contributed by atoms with van der Waals surface area (Å²) in [4.78, 5) is 29.3. The van der Waals surface area contributed by atoms with Crippen molar-refractivity contribution in [2.24, 2.45) is 5.41 Å². The van der Waals surface area contributed by atoms with Gasteiger partial charge in [0.2, 0.25) is 0 Å². The summed E-state index contributed by atoms with van der Waals surface area (Å²) in [5, 5.41) is 12.4. The minimum Gasteiger partial charge on any atom is -0.481 e. The van der Waals surface area contributed by atoms with Crippen molar-refractivity contribution >= 4 is 39.1 Å². The number of hydrogen-bond acceptors (Lipinski definition) is 4. The number of carbonyl (C=O) groups is 1. The molecule has 0 amide bonds. The van der Waals surface area contributed by atoms with Crippen LogP contribution in [-0.2, 0) is 11.3 Å². The van der Waals surface area contributed by atoms with Crippen molar-refractivity contribution in [3.63, 3.8) is 0 Å². The highest BCUT2D eigenvalue weighted by molar-refractivity contribution is 7.17. The van der Waals surface area contributed by atoms with Gasteiger partial charge in [-0.2, -0.15) is 0 Å². The molecule has 0 saturated carbocycles. The van der Waals surface area contributed by atoms with Crippen molar-refractivity contribution in [1.29, 1.82) is 0 Å². The van der Waals surface area contributed by atoms with Gasteiger partial charge in [-0.25, -0.2) is 4.98 Å². The van der Waals surface area contributed by atoms with E-state index in [9.17, 15) is 14.7 Å². The fraction of sp³-hybridized carbons (Fsp3) is 0.278. The second-order valence-electron chi connectivity index (χ2n) is 6.66. The summed E-state index contributed by atoms with van der Waals surface area (Å²) in [5.74, 6) is -0.960. The average Bonchev–Trinajstić information content (AvgIpc) is 2.97. The Morgan fingerprint density at radius 2 is 2.12 bits per heavy atom. The van der Waals surface area contributed by atoms with Crippen LogP contribution in [0.5, 0.6) is 0 Å². The minimum absolute atomic E-state index is 0.0546. The molecule has 0 spiro atoms. The second-order valence-corrected chi connectivity index (χ2v) is 7.93. The van der Waals surface area contributed by atoms with E-state index in [0.717, 1.165) is 16.7 Å². The van der Waals surface area contributed by atoms with E-state index >= 15 is 0 Å². The number of aryl methyl sites for hydroxylation is 1. The molecule has 2 heterocycles. The van der Waals surface area contributed by atoms with E-state index in [-0.39, 0.29) is 12.1 Å². The molecule has 1 aromatic carbocycles. The van der Waals surface area contributed by atoms with Crippen LogP contribution >= 0.6 is 22.9 Å². The number of hydrogen-bond donors (Lipinski definition) is 1. The lowest BCUT2D eigenvalue weighted by atomic mass is 9.94. The zero-order chi connectivity index (χ0) is 18.4. The van der Waals surface area contributed by atoms with E-state index in [1.807, 2.05) is 24.4 Å². The third-order valence-corrected chi connectivity index (χ3v) is 5.48. The molecule has 0 aliphatic carbocycles. The Balaban J connectivity index is 2.17. The number of carboxylic acid groups (broad SMARTS) is 1. The first kappa shape index (κ1) is 17.6. The molecular weight excluding hydrogens is 360 g/mol. The maximum atomic E-state index is 12.9. The molecule has 0 atom stereocenters. The summed E-state index contributed by atoms with van der Waals surface area (Å²) >= 11 is 7.48. The van der Waals surface area contributed by atoms with E-state index in [2.05, 4.69) is 4.98 Å². The number of halogens is 1. The van der Waals surface area contributed by atoms with Crippen LogP contribution in [0, 0.1) is 12.3 Å². The molecule has 3 rings (SSSR count). The SMILES string of the molecule is Cc1cc(-c2csc3ncn(CC(C)(C)C(=O)O)c(=O)c23)ccc1Cl. The molecule has 0 fully saturated rings. The molecule has 25 heavy (non-hydrogen) atoms. The van der Waals surface area contributed by atoms with Gasteiger partial charge in [-0.15, -0.1) is 11.3 Å². The molecule has 0 bridgehead atoms. The van der Waals surface area contributed by atoms with E-state index in [0.29, 0.717) is 15.2 Å². The Hall–Kier alpha value is -2.18. The van der Waals surface area contributed by atoms with Crippen LogP contribution < -0.4 is 5.56 Å². The molecule has 130 valence electrons. The molecule has 7 heteroatoms. The number of carboxylic acids is 1. The largest absolute Gasteiger partial charge is 0.481 e. The molecular formula is C18H17ClN2O3S. The summed E-state index contributed by atoms with van der Waals surface area (Å²) in [6.45, 7) is 5.14. The van der Waals surface area contributed by atoms with Crippen molar-refractivity contribution in [2.45, 2.75) is 27.3 Å². The van der Waals surface area contributed by atoms with Gasteiger partial charge in [0, 0.05) is 22.5 Å². The van der Waals surface area contributed by atoms with Crippen LogP contribution in [0.15, 0.2) is 34.7 Å². The minimum atomic E-state index is -1.06. The van der Waals surface area contributed by atoms with Crippen molar-refractivity contribution in [3.05, 3.63) is 50.8 Å². The fourth-order valence-corrected chi connectivity index (χ4v) is 3.62. The number of benzene rings is 1. The fourth-order valence-electron chi connectivity index (χ4n) is 2.60. The first-order valence-electron chi connectivity index (χ1n) is 7.67. The van der Waals surface area contributed by atoms with Gasteiger partial charge in [0.05, 0.1) is 17.1 Å². The number of aliphatic carboxylic acids is 1. The Labute approximate surface area is 153 Å². The summed E-state index contributed by atoms with van der Waals surface area (Å²) < 4.78 is 1.37. The van der Waals surface area contributed by atoms with E-state index < -0.39 is 11.4 Å². The highest BCUT2D eigenvalue weighted by Gasteiger charge is 2.28. The molecule has 0 saturated heterocycles.